The molecule has 0 saturated heterocycles. The van der Waals surface area contributed by atoms with Gasteiger partial charge in [0.2, 0.25) is 7.28 Å². The van der Waals surface area contributed by atoms with Crippen LogP contribution < -0.4 is 5.46 Å². The maximum absolute atomic E-state index is 13.0. The number of imidazole rings is 1. The number of hydrogen-bond donors (Lipinski definition) is 1. The molecule has 0 radical (unpaired) electrons. The maximum Gasteiger partial charge on any atom is 0.239 e. The summed E-state index contributed by atoms with van der Waals surface area (Å²) in [6.07, 6.45) is 19.2. The monoisotopic (exact) mass is 392 g/mol. The fourth-order valence-electron chi connectivity index (χ4n) is 5.41. The molecule has 2 aliphatic carbocycles. The Bertz CT molecular complexity index is 781. The van der Waals surface area contributed by atoms with Crippen molar-refractivity contribution in [3.8, 4) is 0 Å². The third-order valence-electron chi connectivity index (χ3n) is 7.25. The number of aromatic amines is 1. The minimum Gasteiger partial charge on any atom is -0.342 e. The molecule has 0 spiro atoms. The third-order valence-corrected chi connectivity index (χ3v) is 7.25. The summed E-state index contributed by atoms with van der Waals surface area (Å²) >= 11 is 0. The molecule has 2 aliphatic rings. The second-order valence-electron chi connectivity index (χ2n) is 9.55. The van der Waals surface area contributed by atoms with Gasteiger partial charge in [0.1, 0.15) is 5.82 Å². The molecule has 1 aromatic heterocycles. The molecule has 0 aliphatic heterocycles. The Morgan fingerprint density at radius 3 is 2.07 bits per heavy atom. The Labute approximate surface area is 176 Å². The van der Waals surface area contributed by atoms with Gasteiger partial charge in [-0.05, 0) is 37.8 Å². The summed E-state index contributed by atoms with van der Waals surface area (Å²) in [6.45, 7) is 0. The number of nitrogens with one attached hydrogen (secondary N) is 1. The van der Waals surface area contributed by atoms with E-state index in [-0.39, 0.29) is 5.92 Å². The molecule has 0 atom stereocenters. The lowest BCUT2D eigenvalue weighted by atomic mass is 9.61. The highest BCUT2D eigenvalue weighted by atomic mass is 16.1. The van der Waals surface area contributed by atoms with Crippen LogP contribution in [-0.4, -0.2) is 22.9 Å². The number of nitrogens with zero attached hydrogens (tertiary/aromatic N) is 1. The topological polar surface area (TPSA) is 45.8 Å². The fraction of sp³-hybridized carbons (Fsp3) is 0.680. The maximum atomic E-state index is 13.0. The molecule has 2 saturated carbocycles. The lowest BCUT2D eigenvalue weighted by Crippen LogP contribution is -2.29. The minimum atomic E-state index is 0.274. The van der Waals surface area contributed by atoms with Gasteiger partial charge in [-0.25, -0.2) is 4.98 Å². The van der Waals surface area contributed by atoms with Crippen LogP contribution in [-0.2, 0) is 4.79 Å². The van der Waals surface area contributed by atoms with E-state index in [0.29, 0.717) is 18.9 Å². The molecule has 4 rings (SSSR count). The molecule has 0 amide bonds. The van der Waals surface area contributed by atoms with Crippen LogP contribution in [0.15, 0.2) is 18.2 Å². The van der Waals surface area contributed by atoms with Crippen LogP contribution in [0.3, 0.4) is 0 Å². The Balaban J connectivity index is 1.43. The highest BCUT2D eigenvalue weighted by molar-refractivity contribution is 6.84. The van der Waals surface area contributed by atoms with Crippen molar-refractivity contribution in [1.82, 2.24) is 9.97 Å². The van der Waals surface area contributed by atoms with E-state index in [0.717, 1.165) is 29.3 Å². The first kappa shape index (κ1) is 20.7. The number of H-pyrrole nitrogens is 1. The number of carbonyl (C=O) groups is 1. The van der Waals surface area contributed by atoms with Crippen molar-refractivity contribution < 1.29 is 4.79 Å². The smallest absolute Gasteiger partial charge is 0.239 e. The van der Waals surface area contributed by atoms with Gasteiger partial charge in [0.05, 0.1) is 16.7 Å². The first-order valence-electron chi connectivity index (χ1n) is 12.3. The molecule has 1 aromatic carbocycles. The molecular formula is C25H37BN2O. The van der Waals surface area contributed by atoms with Crippen molar-refractivity contribution in [2.24, 2.45) is 5.92 Å². The SMILES string of the molecule is O=C(Bc1ccc2nc(C3CCCCCCC3)[nH]c2c1)C1CCCCCCCC1. The quantitative estimate of drug-likeness (QED) is 0.676. The zero-order chi connectivity index (χ0) is 19.9. The normalized spacial score (nSPS) is 21.0. The summed E-state index contributed by atoms with van der Waals surface area (Å²) in [6, 6.07) is 6.42. The number of fused-ring (bicyclic) bond motifs is 1. The van der Waals surface area contributed by atoms with E-state index in [2.05, 4.69) is 23.2 Å². The van der Waals surface area contributed by atoms with Crippen molar-refractivity contribution in [2.45, 2.75) is 102 Å². The van der Waals surface area contributed by atoms with E-state index in [4.69, 9.17) is 4.98 Å². The molecule has 0 bridgehead atoms. The standard InChI is InChI=1S/C25H37BN2O/c29-24(19-12-8-4-1-2-5-9-13-19)26-21-16-17-22-23(18-21)28-25(27-22)20-14-10-6-3-7-11-15-20/h16-20,26H,1-15H2,(H,27,28). The van der Waals surface area contributed by atoms with Crippen molar-refractivity contribution in [3.63, 3.8) is 0 Å². The zero-order valence-corrected chi connectivity index (χ0v) is 18.1. The molecule has 2 fully saturated rings. The van der Waals surface area contributed by atoms with E-state index >= 15 is 0 Å². The third kappa shape index (κ3) is 5.74. The predicted octanol–water partition coefficient (Wildman–Crippen LogP) is 5.73. The second-order valence-corrected chi connectivity index (χ2v) is 9.55. The summed E-state index contributed by atoms with van der Waals surface area (Å²) in [5, 5.41) is 0. The first-order valence-corrected chi connectivity index (χ1v) is 12.3. The van der Waals surface area contributed by atoms with Crippen LogP contribution in [0.25, 0.3) is 11.0 Å². The second kappa shape index (κ2) is 10.5. The molecule has 0 unspecified atom stereocenters. The van der Waals surface area contributed by atoms with Crippen LogP contribution in [0.1, 0.15) is 108 Å². The van der Waals surface area contributed by atoms with Gasteiger partial charge in [-0.3, -0.25) is 0 Å². The van der Waals surface area contributed by atoms with Crippen LogP contribution in [0.4, 0.5) is 0 Å². The Kier molecular flexibility index (Phi) is 7.46. The first-order chi connectivity index (χ1) is 14.3. The van der Waals surface area contributed by atoms with Crippen LogP contribution in [0.2, 0.25) is 0 Å². The van der Waals surface area contributed by atoms with Crippen LogP contribution >= 0.6 is 0 Å². The van der Waals surface area contributed by atoms with Crippen molar-refractivity contribution in [3.05, 3.63) is 24.0 Å². The Morgan fingerprint density at radius 1 is 0.828 bits per heavy atom. The van der Waals surface area contributed by atoms with Crippen LogP contribution in [0, 0.1) is 5.92 Å². The van der Waals surface area contributed by atoms with E-state index in [1.807, 2.05) is 0 Å². The van der Waals surface area contributed by atoms with Crippen molar-refractivity contribution in [1.29, 1.82) is 0 Å². The molecular weight excluding hydrogens is 355 g/mol. The average Bonchev–Trinajstić information content (AvgIpc) is 3.15. The molecule has 3 nitrogen and oxygen atoms in total. The van der Waals surface area contributed by atoms with E-state index < -0.39 is 0 Å². The van der Waals surface area contributed by atoms with Crippen LogP contribution in [0.5, 0.6) is 0 Å². The Hall–Kier alpha value is -1.58. The van der Waals surface area contributed by atoms with Gasteiger partial charge in [-0.2, -0.15) is 0 Å². The van der Waals surface area contributed by atoms with Gasteiger partial charge in [0.25, 0.3) is 0 Å². The fourth-order valence-corrected chi connectivity index (χ4v) is 5.41. The summed E-state index contributed by atoms with van der Waals surface area (Å²) in [5.41, 5.74) is 3.77. The number of aromatic nitrogens is 2. The van der Waals surface area contributed by atoms with Gasteiger partial charge in [-0.15, -0.1) is 0 Å². The zero-order valence-electron chi connectivity index (χ0n) is 18.1. The number of benzene rings is 1. The molecule has 1 heterocycles. The van der Waals surface area contributed by atoms with Gasteiger partial charge in [0, 0.05) is 11.8 Å². The number of rotatable bonds is 4. The summed E-state index contributed by atoms with van der Waals surface area (Å²) in [4.78, 5) is 21.5. The molecule has 156 valence electrons. The molecule has 1 N–H and O–H groups in total. The Morgan fingerprint density at radius 2 is 1.41 bits per heavy atom. The summed E-state index contributed by atoms with van der Waals surface area (Å²) in [7, 11) is 0.582. The average molecular weight is 392 g/mol. The van der Waals surface area contributed by atoms with Crippen molar-refractivity contribution in [2.75, 3.05) is 0 Å². The molecule has 4 heteroatoms. The van der Waals surface area contributed by atoms with Gasteiger partial charge >= 0.3 is 0 Å². The van der Waals surface area contributed by atoms with Gasteiger partial charge in [0.15, 0.2) is 0 Å². The highest BCUT2D eigenvalue weighted by Gasteiger charge is 2.21. The van der Waals surface area contributed by atoms with E-state index in [9.17, 15) is 4.79 Å². The predicted molar refractivity (Wildman–Crippen MR) is 123 cm³/mol. The number of hydrogen-bond acceptors (Lipinski definition) is 2. The van der Waals surface area contributed by atoms with Gasteiger partial charge < -0.3 is 9.78 Å². The molecule has 2 aromatic rings. The lowest BCUT2D eigenvalue weighted by molar-refractivity contribution is -0.115. The molecule has 29 heavy (non-hydrogen) atoms. The number of carbonyl (C=O) groups excluding carboxylic acids is 1. The lowest BCUT2D eigenvalue weighted by Gasteiger charge is -2.17. The summed E-state index contributed by atoms with van der Waals surface area (Å²) in [5.74, 6) is 2.02. The van der Waals surface area contributed by atoms with Gasteiger partial charge in [-0.1, -0.05) is 82.2 Å². The van der Waals surface area contributed by atoms with Crippen molar-refractivity contribution >= 4 is 29.5 Å². The summed E-state index contributed by atoms with van der Waals surface area (Å²) < 4.78 is 0. The largest absolute Gasteiger partial charge is 0.342 e. The van der Waals surface area contributed by atoms with E-state index in [1.165, 1.54) is 89.3 Å². The minimum absolute atomic E-state index is 0.274. The van der Waals surface area contributed by atoms with E-state index in [1.54, 1.807) is 0 Å². The highest BCUT2D eigenvalue weighted by Crippen LogP contribution is 2.30.